The van der Waals surface area contributed by atoms with Crippen molar-refractivity contribution in [2.24, 2.45) is 0 Å². The van der Waals surface area contributed by atoms with Gasteiger partial charge in [0.15, 0.2) is 0 Å². The molecule has 0 spiro atoms. The Labute approximate surface area is 96.7 Å². The summed E-state index contributed by atoms with van der Waals surface area (Å²) >= 11 is 1.53. The predicted molar refractivity (Wildman–Crippen MR) is 64.4 cm³/mol. The van der Waals surface area contributed by atoms with Crippen LogP contribution >= 0.6 is 11.3 Å². The number of carboxylic acids is 1. The molecule has 0 aliphatic carbocycles. The average molecular weight is 231 g/mol. The van der Waals surface area contributed by atoms with Gasteiger partial charge in [-0.05, 0) is 23.8 Å². The summed E-state index contributed by atoms with van der Waals surface area (Å²) in [5, 5.41) is 10.8. The number of aromatic carboxylic acids is 1. The van der Waals surface area contributed by atoms with Crippen molar-refractivity contribution in [1.82, 2.24) is 4.98 Å². The van der Waals surface area contributed by atoms with Crippen LogP contribution in [0.15, 0.2) is 35.2 Å². The lowest BCUT2D eigenvalue weighted by molar-refractivity contribution is 0.0697. The molecule has 4 heteroatoms. The van der Waals surface area contributed by atoms with Gasteiger partial charge in [-0.3, -0.25) is 0 Å². The number of aromatic nitrogens is 1. The molecule has 0 amide bonds. The van der Waals surface area contributed by atoms with E-state index in [0.29, 0.717) is 5.56 Å². The molecule has 80 valence electrons. The van der Waals surface area contributed by atoms with Crippen LogP contribution in [0.5, 0.6) is 0 Å². The third-order valence-corrected chi connectivity index (χ3v) is 2.64. The van der Waals surface area contributed by atoms with Gasteiger partial charge in [-0.1, -0.05) is 18.2 Å². The fraction of sp³-hybridized carbons (Fsp3) is 0. The van der Waals surface area contributed by atoms with Crippen LogP contribution in [0, 0.1) is 0 Å². The van der Waals surface area contributed by atoms with Gasteiger partial charge in [0.2, 0.25) is 0 Å². The summed E-state index contributed by atoms with van der Waals surface area (Å²) in [4.78, 5) is 14.9. The molecule has 1 aromatic carbocycles. The van der Waals surface area contributed by atoms with Gasteiger partial charge in [0.05, 0.1) is 16.8 Å². The number of rotatable bonds is 3. The summed E-state index contributed by atoms with van der Waals surface area (Å²) < 4.78 is 0. The van der Waals surface area contributed by atoms with Crippen LogP contribution < -0.4 is 0 Å². The predicted octanol–water partition coefficient (Wildman–Crippen LogP) is 3.01. The van der Waals surface area contributed by atoms with Gasteiger partial charge in [-0.25, -0.2) is 9.78 Å². The lowest BCUT2D eigenvalue weighted by atomic mass is 10.1. The Morgan fingerprint density at radius 2 is 2.25 bits per heavy atom. The zero-order valence-electron chi connectivity index (χ0n) is 8.33. The largest absolute Gasteiger partial charge is 0.478 e. The minimum Gasteiger partial charge on any atom is -0.478 e. The first-order chi connectivity index (χ1) is 7.75. The molecule has 1 heterocycles. The van der Waals surface area contributed by atoms with Crippen LogP contribution in [0.4, 0.5) is 0 Å². The molecule has 0 bridgehead atoms. The lowest BCUT2D eigenvalue weighted by Gasteiger charge is -1.96. The van der Waals surface area contributed by atoms with E-state index < -0.39 is 5.97 Å². The Hall–Kier alpha value is -1.94. The van der Waals surface area contributed by atoms with E-state index >= 15 is 0 Å². The SMILES string of the molecule is O=C(O)c1cccc(C=Cc2cscn2)c1. The summed E-state index contributed by atoms with van der Waals surface area (Å²) in [6, 6.07) is 6.78. The molecule has 0 saturated carbocycles. The minimum absolute atomic E-state index is 0.292. The molecule has 0 saturated heterocycles. The first-order valence-electron chi connectivity index (χ1n) is 4.65. The van der Waals surface area contributed by atoms with E-state index in [4.69, 9.17) is 5.11 Å². The number of nitrogens with zero attached hydrogens (tertiary/aromatic N) is 1. The molecular weight excluding hydrogens is 222 g/mol. The number of hydrogen-bond acceptors (Lipinski definition) is 3. The maximum Gasteiger partial charge on any atom is 0.335 e. The van der Waals surface area contributed by atoms with Crippen molar-refractivity contribution in [2.45, 2.75) is 0 Å². The monoisotopic (exact) mass is 231 g/mol. The standard InChI is InChI=1S/C12H9NO2S/c14-12(15)10-3-1-2-9(6-10)4-5-11-7-16-8-13-11/h1-8H,(H,14,15). The van der Waals surface area contributed by atoms with Crippen molar-refractivity contribution in [3.63, 3.8) is 0 Å². The molecule has 0 atom stereocenters. The van der Waals surface area contributed by atoms with Crippen molar-refractivity contribution < 1.29 is 9.90 Å². The van der Waals surface area contributed by atoms with Gasteiger partial charge < -0.3 is 5.11 Å². The van der Waals surface area contributed by atoms with Crippen molar-refractivity contribution in [1.29, 1.82) is 0 Å². The van der Waals surface area contributed by atoms with Crippen LogP contribution in [-0.4, -0.2) is 16.1 Å². The number of carboxylic acid groups (broad SMARTS) is 1. The zero-order valence-corrected chi connectivity index (χ0v) is 9.15. The summed E-state index contributed by atoms with van der Waals surface area (Å²) in [7, 11) is 0. The highest BCUT2D eigenvalue weighted by Gasteiger charge is 2.01. The molecule has 0 aliphatic heterocycles. The van der Waals surface area contributed by atoms with Crippen LogP contribution in [0.25, 0.3) is 12.2 Å². The summed E-state index contributed by atoms with van der Waals surface area (Å²) in [6.45, 7) is 0. The van der Waals surface area contributed by atoms with Gasteiger partial charge in [0.25, 0.3) is 0 Å². The molecule has 16 heavy (non-hydrogen) atoms. The fourth-order valence-electron chi connectivity index (χ4n) is 1.26. The van der Waals surface area contributed by atoms with E-state index in [1.54, 1.807) is 23.7 Å². The molecule has 1 aromatic heterocycles. The van der Waals surface area contributed by atoms with Crippen molar-refractivity contribution in [3.05, 3.63) is 52.0 Å². The highest BCUT2D eigenvalue weighted by molar-refractivity contribution is 7.07. The van der Waals surface area contributed by atoms with Crippen molar-refractivity contribution >= 4 is 29.5 Å². The summed E-state index contributed by atoms with van der Waals surface area (Å²) in [6.07, 6.45) is 3.71. The van der Waals surface area contributed by atoms with Crippen LogP contribution in [-0.2, 0) is 0 Å². The Bertz CT molecular complexity index is 518. The number of carbonyl (C=O) groups is 1. The molecular formula is C12H9NO2S. The van der Waals surface area contributed by atoms with Gasteiger partial charge in [-0.2, -0.15) is 0 Å². The van der Waals surface area contributed by atoms with Gasteiger partial charge in [-0.15, -0.1) is 11.3 Å². The van der Waals surface area contributed by atoms with E-state index in [0.717, 1.165) is 11.3 Å². The quantitative estimate of drug-likeness (QED) is 0.883. The molecule has 0 radical (unpaired) electrons. The van der Waals surface area contributed by atoms with Gasteiger partial charge >= 0.3 is 5.97 Å². The van der Waals surface area contributed by atoms with Crippen molar-refractivity contribution in [2.75, 3.05) is 0 Å². The lowest BCUT2D eigenvalue weighted by Crippen LogP contribution is -1.95. The second-order valence-corrected chi connectivity index (χ2v) is 3.90. The molecule has 1 N–H and O–H groups in total. The second-order valence-electron chi connectivity index (χ2n) is 3.18. The highest BCUT2D eigenvalue weighted by atomic mass is 32.1. The third-order valence-electron chi connectivity index (χ3n) is 2.03. The summed E-state index contributed by atoms with van der Waals surface area (Å²) in [5.74, 6) is -0.913. The molecule has 0 fully saturated rings. The molecule has 2 aromatic rings. The Morgan fingerprint density at radius 1 is 1.38 bits per heavy atom. The minimum atomic E-state index is -0.913. The first-order valence-corrected chi connectivity index (χ1v) is 5.59. The van der Waals surface area contributed by atoms with E-state index in [9.17, 15) is 4.79 Å². The number of benzene rings is 1. The molecule has 0 aliphatic rings. The Balaban J connectivity index is 2.22. The van der Waals surface area contributed by atoms with E-state index in [-0.39, 0.29) is 0 Å². The van der Waals surface area contributed by atoms with Crippen molar-refractivity contribution in [3.8, 4) is 0 Å². The van der Waals surface area contributed by atoms with Gasteiger partial charge in [0, 0.05) is 5.38 Å². The molecule has 2 rings (SSSR count). The Kier molecular flexibility index (Phi) is 3.12. The molecule has 0 unspecified atom stereocenters. The topological polar surface area (TPSA) is 50.2 Å². The molecule has 3 nitrogen and oxygen atoms in total. The normalized spacial score (nSPS) is 10.8. The second kappa shape index (κ2) is 4.72. The fourth-order valence-corrected chi connectivity index (χ4v) is 1.78. The summed E-state index contributed by atoms with van der Waals surface area (Å²) in [5.41, 5.74) is 3.78. The smallest absolute Gasteiger partial charge is 0.335 e. The maximum absolute atomic E-state index is 10.8. The van der Waals surface area contributed by atoms with Gasteiger partial charge in [0.1, 0.15) is 0 Å². The first kappa shape index (κ1) is 10.6. The maximum atomic E-state index is 10.8. The van der Waals surface area contributed by atoms with E-state index in [2.05, 4.69) is 4.98 Å². The number of hydrogen-bond donors (Lipinski definition) is 1. The zero-order chi connectivity index (χ0) is 11.4. The Morgan fingerprint density at radius 3 is 2.94 bits per heavy atom. The van der Waals surface area contributed by atoms with Crippen LogP contribution in [0.3, 0.4) is 0 Å². The highest BCUT2D eigenvalue weighted by Crippen LogP contribution is 2.10. The van der Waals surface area contributed by atoms with E-state index in [1.165, 1.54) is 11.3 Å². The number of thiazole rings is 1. The van der Waals surface area contributed by atoms with Crippen LogP contribution in [0.2, 0.25) is 0 Å². The average Bonchev–Trinajstić information content (AvgIpc) is 2.79. The van der Waals surface area contributed by atoms with E-state index in [1.807, 2.05) is 23.6 Å². The third kappa shape index (κ3) is 2.55. The van der Waals surface area contributed by atoms with Crippen LogP contribution in [0.1, 0.15) is 21.6 Å².